The molecule has 2 saturated heterocycles. The number of nitrogens with one attached hydrogen (secondary N) is 2. The van der Waals surface area contributed by atoms with E-state index in [-0.39, 0.29) is 17.5 Å². The molecule has 2 rings (SSSR count). The van der Waals surface area contributed by atoms with Crippen LogP contribution < -0.4 is 10.6 Å². The van der Waals surface area contributed by atoms with Crippen LogP contribution in [0, 0.1) is 0 Å². The van der Waals surface area contributed by atoms with Crippen LogP contribution in [-0.4, -0.2) is 48.5 Å². The Hall–Kier alpha value is -0.650. The fourth-order valence-corrected chi connectivity index (χ4v) is 2.56. The van der Waals surface area contributed by atoms with Gasteiger partial charge in [-0.25, -0.2) is 0 Å². The summed E-state index contributed by atoms with van der Waals surface area (Å²) in [5, 5.41) is 15.6. The largest absolute Gasteiger partial charge is 0.481 e. The Kier molecular flexibility index (Phi) is 3.19. The summed E-state index contributed by atoms with van der Waals surface area (Å²) in [6.45, 7) is 5.18. The van der Waals surface area contributed by atoms with Gasteiger partial charge in [-0.1, -0.05) is 0 Å². The second kappa shape index (κ2) is 4.31. The maximum absolute atomic E-state index is 10.9. The van der Waals surface area contributed by atoms with Crippen molar-refractivity contribution in [2.45, 2.75) is 37.3 Å². The van der Waals surface area contributed by atoms with Gasteiger partial charge < -0.3 is 20.5 Å². The molecule has 0 spiro atoms. The Labute approximate surface area is 95.5 Å². The minimum absolute atomic E-state index is 0.0236. The van der Waals surface area contributed by atoms with E-state index in [1.165, 1.54) is 0 Å². The summed E-state index contributed by atoms with van der Waals surface area (Å²) in [6.07, 6.45) is 2.10. The van der Waals surface area contributed by atoms with Crippen LogP contribution in [0.25, 0.3) is 0 Å². The minimum Gasteiger partial charge on any atom is -0.481 e. The van der Waals surface area contributed by atoms with Gasteiger partial charge in [0, 0.05) is 31.8 Å². The fourth-order valence-electron chi connectivity index (χ4n) is 2.56. The van der Waals surface area contributed by atoms with Gasteiger partial charge >= 0.3 is 5.97 Å². The number of carboxylic acids is 1. The molecule has 0 atom stereocenters. The van der Waals surface area contributed by atoms with Gasteiger partial charge in [0.05, 0.1) is 12.0 Å². The van der Waals surface area contributed by atoms with Crippen molar-refractivity contribution in [3.8, 4) is 0 Å². The molecule has 0 aliphatic carbocycles. The van der Waals surface area contributed by atoms with E-state index in [4.69, 9.17) is 9.84 Å². The second-order valence-electron chi connectivity index (χ2n) is 5.25. The highest BCUT2D eigenvalue weighted by molar-refractivity contribution is 5.69. The maximum Gasteiger partial charge on any atom is 0.305 e. The number of rotatable bonds is 4. The zero-order valence-corrected chi connectivity index (χ0v) is 9.71. The highest BCUT2D eigenvalue weighted by Gasteiger charge is 2.44. The lowest BCUT2D eigenvalue weighted by Gasteiger charge is -2.49. The molecule has 0 saturated carbocycles. The Morgan fingerprint density at radius 1 is 1.44 bits per heavy atom. The average Bonchev–Trinajstić information content (AvgIpc) is 2.14. The molecule has 0 aromatic rings. The van der Waals surface area contributed by atoms with Crippen LogP contribution in [0.4, 0.5) is 0 Å². The molecule has 0 bridgehead atoms. The monoisotopic (exact) mass is 228 g/mol. The molecule has 5 heteroatoms. The van der Waals surface area contributed by atoms with Gasteiger partial charge in [0.1, 0.15) is 0 Å². The van der Waals surface area contributed by atoms with E-state index in [2.05, 4.69) is 17.6 Å². The number of hydrogen-bond donors (Lipinski definition) is 3. The molecule has 3 N–H and O–H groups in total. The third kappa shape index (κ3) is 2.53. The van der Waals surface area contributed by atoms with Crippen LogP contribution in [0.2, 0.25) is 0 Å². The van der Waals surface area contributed by atoms with Gasteiger partial charge in [-0.2, -0.15) is 0 Å². The van der Waals surface area contributed by atoms with E-state index in [9.17, 15) is 4.79 Å². The lowest BCUT2D eigenvalue weighted by atomic mass is 9.82. The van der Waals surface area contributed by atoms with Gasteiger partial charge in [0.15, 0.2) is 0 Å². The smallest absolute Gasteiger partial charge is 0.305 e. The van der Waals surface area contributed by atoms with E-state index >= 15 is 0 Å². The summed E-state index contributed by atoms with van der Waals surface area (Å²) in [4.78, 5) is 10.9. The van der Waals surface area contributed by atoms with Crippen LogP contribution >= 0.6 is 0 Å². The standard InChI is InChI=1S/C11H20N2O3/c1-10(2-4-16-5-3-10)13-11(6-9(14)15)7-12-8-11/h12-13H,2-8H2,1H3,(H,14,15). The van der Waals surface area contributed by atoms with Crippen molar-refractivity contribution in [1.29, 1.82) is 0 Å². The van der Waals surface area contributed by atoms with Crippen molar-refractivity contribution < 1.29 is 14.6 Å². The zero-order chi connectivity index (χ0) is 11.6. The Morgan fingerprint density at radius 3 is 2.50 bits per heavy atom. The summed E-state index contributed by atoms with van der Waals surface area (Å²) in [6, 6.07) is 0. The van der Waals surface area contributed by atoms with Crippen LogP contribution in [0.3, 0.4) is 0 Å². The summed E-state index contributed by atoms with van der Waals surface area (Å²) >= 11 is 0. The lowest BCUT2D eigenvalue weighted by molar-refractivity contribution is -0.139. The van der Waals surface area contributed by atoms with Crippen LogP contribution in [-0.2, 0) is 9.53 Å². The second-order valence-corrected chi connectivity index (χ2v) is 5.25. The summed E-state index contributed by atoms with van der Waals surface area (Å²) in [5.74, 6) is -0.732. The Morgan fingerprint density at radius 2 is 2.06 bits per heavy atom. The SMILES string of the molecule is CC1(NC2(CC(=O)O)CNC2)CCOCC1. The average molecular weight is 228 g/mol. The molecule has 92 valence electrons. The van der Waals surface area contributed by atoms with Gasteiger partial charge in [-0.15, -0.1) is 0 Å². The molecule has 2 heterocycles. The molecule has 0 amide bonds. The molecule has 2 aliphatic heterocycles. The normalized spacial score (nSPS) is 27.1. The predicted octanol–water partition coefficient (Wildman–Crippen LogP) is -0.0382. The molecule has 0 radical (unpaired) electrons. The topological polar surface area (TPSA) is 70.6 Å². The first-order chi connectivity index (χ1) is 7.54. The molecule has 16 heavy (non-hydrogen) atoms. The van der Waals surface area contributed by atoms with Crippen molar-refractivity contribution in [1.82, 2.24) is 10.6 Å². The molecule has 0 unspecified atom stereocenters. The quantitative estimate of drug-likeness (QED) is 0.630. The number of carbonyl (C=O) groups is 1. The molecular weight excluding hydrogens is 208 g/mol. The Balaban J connectivity index is 1.97. The predicted molar refractivity (Wildman–Crippen MR) is 59.4 cm³/mol. The molecule has 0 aromatic heterocycles. The summed E-state index contributed by atoms with van der Waals surface area (Å²) in [5.41, 5.74) is -0.228. The first kappa shape index (κ1) is 11.8. The fraction of sp³-hybridized carbons (Fsp3) is 0.909. The van der Waals surface area contributed by atoms with Crippen LogP contribution in [0.15, 0.2) is 0 Å². The van der Waals surface area contributed by atoms with E-state index < -0.39 is 5.97 Å². The number of carboxylic acid groups (broad SMARTS) is 1. The lowest BCUT2D eigenvalue weighted by Crippen LogP contribution is -2.73. The molecular formula is C11H20N2O3. The van der Waals surface area contributed by atoms with Crippen molar-refractivity contribution in [3.63, 3.8) is 0 Å². The summed E-state index contributed by atoms with van der Waals surface area (Å²) in [7, 11) is 0. The highest BCUT2D eigenvalue weighted by Crippen LogP contribution is 2.27. The van der Waals surface area contributed by atoms with Crippen LogP contribution in [0.5, 0.6) is 0 Å². The van der Waals surface area contributed by atoms with Gasteiger partial charge in [-0.3, -0.25) is 4.79 Å². The molecule has 2 fully saturated rings. The molecule has 2 aliphatic rings. The summed E-state index contributed by atoms with van der Waals surface area (Å²) < 4.78 is 5.34. The number of aliphatic carboxylic acids is 1. The first-order valence-electron chi connectivity index (χ1n) is 5.83. The maximum atomic E-state index is 10.9. The molecule has 5 nitrogen and oxygen atoms in total. The van der Waals surface area contributed by atoms with E-state index in [1.807, 2.05) is 0 Å². The zero-order valence-electron chi connectivity index (χ0n) is 9.71. The van der Waals surface area contributed by atoms with Crippen molar-refractivity contribution in [2.24, 2.45) is 0 Å². The van der Waals surface area contributed by atoms with E-state index in [1.54, 1.807) is 0 Å². The van der Waals surface area contributed by atoms with Crippen molar-refractivity contribution in [3.05, 3.63) is 0 Å². The molecule has 0 aromatic carbocycles. The number of hydrogen-bond acceptors (Lipinski definition) is 4. The van der Waals surface area contributed by atoms with E-state index in [0.29, 0.717) is 0 Å². The number of ether oxygens (including phenoxy) is 1. The third-order valence-corrected chi connectivity index (χ3v) is 3.58. The first-order valence-corrected chi connectivity index (χ1v) is 5.83. The minimum atomic E-state index is -0.732. The van der Waals surface area contributed by atoms with Crippen molar-refractivity contribution in [2.75, 3.05) is 26.3 Å². The third-order valence-electron chi connectivity index (χ3n) is 3.58. The van der Waals surface area contributed by atoms with Crippen LogP contribution in [0.1, 0.15) is 26.2 Å². The highest BCUT2D eigenvalue weighted by atomic mass is 16.5. The van der Waals surface area contributed by atoms with Gasteiger partial charge in [0.2, 0.25) is 0 Å². The van der Waals surface area contributed by atoms with Gasteiger partial charge in [-0.05, 0) is 19.8 Å². The van der Waals surface area contributed by atoms with E-state index in [0.717, 1.165) is 39.1 Å². The van der Waals surface area contributed by atoms with Gasteiger partial charge in [0.25, 0.3) is 0 Å². The Bertz CT molecular complexity index is 270. The van der Waals surface area contributed by atoms with Crippen molar-refractivity contribution >= 4 is 5.97 Å².